The minimum atomic E-state index is -0.296. The van der Waals surface area contributed by atoms with Gasteiger partial charge in [0.15, 0.2) is 0 Å². The largest absolute Gasteiger partial charge is 0.338 e. The van der Waals surface area contributed by atoms with E-state index in [4.69, 9.17) is 11.6 Å². The number of carbonyl (C=O) groups is 2. The molecule has 1 saturated heterocycles. The monoisotopic (exact) mass is 370 g/mol. The van der Waals surface area contributed by atoms with Crippen molar-refractivity contribution in [2.24, 2.45) is 5.92 Å². The second kappa shape index (κ2) is 7.92. The second-order valence-electron chi connectivity index (χ2n) is 6.72. The third-order valence-corrected chi connectivity index (χ3v) is 5.00. The average molecular weight is 371 g/mol. The Morgan fingerprint density at radius 1 is 1.23 bits per heavy atom. The molecule has 0 spiro atoms. The van der Waals surface area contributed by atoms with E-state index >= 15 is 0 Å². The number of benzene rings is 2. The molecule has 2 aromatic rings. The highest BCUT2D eigenvalue weighted by Gasteiger charge is 2.36. The molecule has 5 heteroatoms. The Morgan fingerprint density at radius 3 is 2.62 bits per heavy atom. The molecular weight excluding hydrogens is 348 g/mol. The van der Waals surface area contributed by atoms with Gasteiger partial charge in [0.25, 0.3) is 0 Å². The quantitative estimate of drug-likeness (QED) is 0.796. The van der Waals surface area contributed by atoms with E-state index in [2.05, 4.69) is 0 Å². The van der Waals surface area contributed by atoms with Crippen LogP contribution in [-0.2, 0) is 16.1 Å². The topological polar surface area (TPSA) is 40.6 Å². The summed E-state index contributed by atoms with van der Waals surface area (Å²) in [5.41, 5.74) is 3.02. The number of anilines is 1. The second-order valence-corrected chi connectivity index (χ2v) is 7.16. The first-order valence-electron chi connectivity index (χ1n) is 8.88. The van der Waals surface area contributed by atoms with E-state index in [-0.39, 0.29) is 24.2 Å². The molecule has 0 saturated carbocycles. The zero-order chi connectivity index (χ0) is 18.7. The van der Waals surface area contributed by atoms with Crippen molar-refractivity contribution < 1.29 is 9.59 Å². The molecule has 2 aromatic carbocycles. The van der Waals surface area contributed by atoms with Crippen molar-refractivity contribution in [1.82, 2.24) is 4.90 Å². The van der Waals surface area contributed by atoms with Crippen LogP contribution in [0.5, 0.6) is 0 Å². The SMILES string of the molecule is CCN(C(=O)C1CC(=O)N(Cc2ccc(Cl)cc2)C1)c1cccc(C)c1. The van der Waals surface area contributed by atoms with Gasteiger partial charge in [0, 0.05) is 36.8 Å². The Kier molecular flexibility index (Phi) is 5.62. The average Bonchev–Trinajstić information content (AvgIpc) is 2.98. The number of likely N-dealkylation sites (tertiary alicyclic amines) is 1. The van der Waals surface area contributed by atoms with Crippen molar-refractivity contribution in [3.63, 3.8) is 0 Å². The molecule has 2 amide bonds. The molecule has 0 aromatic heterocycles. The van der Waals surface area contributed by atoms with Crippen LogP contribution in [0.2, 0.25) is 5.02 Å². The fraction of sp³-hybridized carbons (Fsp3) is 0.333. The van der Waals surface area contributed by atoms with Crippen LogP contribution in [0.25, 0.3) is 0 Å². The van der Waals surface area contributed by atoms with E-state index in [1.807, 2.05) is 62.4 Å². The number of hydrogen-bond acceptors (Lipinski definition) is 2. The van der Waals surface area contributed by atoms with Gasteiger partial charge in [-0.15, -0.1) is 0 Å². The zero-order valence-corrected chi connectivity index (χ0v) is 15.9. The van der Waals surface area contributed by atoms with Crippen LogP contribution in [0.15, 0.2) is 48.5 Å². The van der Waals surface area contributed by atoms with E-state index in [0.29, 0.717) is 24.7 Å². The summed E-state index contributed by atoms with van der Waals surface area (Å²) in [6.45, 7) is 5.53. The highest BCUT2D eigenvalue weighted by atomic mass is 35.5. The summed E-state index contributed by atoms with van der Waals surface area (Å²) in [4.78, 5) is 28.9. The van der Waals surface area contributed by atoms with Crippen LogP contribution in [0, 0.1) is 12.8 Å². The van der Waals surface area contributed by atoms with Crippen LogP contribution in [-0.4, -0.2) is 29.8 Å². The predicted octanol–water partition coefficient (Wildman–Crippen LogP) is 4.05. The third kappa shape index (κ3) is 4.07. The fourth-order valence-electron chi connectivity index (χ4n) is 3.38. The Morgan fingerprint density at radius 2 is 1.96 bits per heavy atom. The number of rotatable bonds is 5. The van der Waals surface area contributed by atoms with Crippen molar-refractivity contribution in [3.8, 4) is 0 Å². The molecule has 0 N–H and O–H groups in total. The lowest BCUT2D eigenvalue weighted by Gasteiger charge is -2.24. The fourth-order valence-corrected chi connectivity index (χ4v) is 3.51. The minimum Gasteiger partial charge on any atom is -0.338 e. The van der Waals surface area contributed by atoms with Crippen molar-refractivity contribution in [3.05, 3.63) is 64.7 Å². The molecule has 1 fully saturated rings. The molecule has 1 unspecified atom stereocenters. The first kappa shape index (κ1) is 18.5. The number of carbonyl (C=O) groups excluding carboxylic acids is 2. The molecule has 1 atom stereocenters. The molecule has 0 aliphatic carbocycles. The summed E-state index contributed by atoms with van der Waals surface area (Å²) >= 11 is 5.91. The van der Waals surface area contributed by atoms with Crippen molar-refractivity contribution in [2.75, 3.05) is 18.0 Å². The zero-order valence-electron chi connectivity index (χ0n) is 15.1. The van der Waals surface area contributed by atoms with Crippen molar-refractivity contribution >= 4 is 29.1 Å². The van der Waals surface area contributed by atoms with Gasteiger partial charge < -0.3 is 9.80 Å². The Hall–Kier alpha value is -2.33. The van der Waals surface area contributed by atoms with Gasteiger partial charge in [-0.3, -0.25) is 9.59 Å². The number of halogens is 1. The Balaban J connectivity index is 1.70. The molecular formula is C21H23ClN2O2. The first-order valence-corrected chi connectivity index (χ1v) is 9.26. The molecule has 0 radical (unpaired) electrons. The summed E-state index contributed by atoms with van der Waals surface area (Å²) in [5, 5.41) is 0.672. The number of nitrogens with zero attached hydrogens (tertiary/aromatic N) is 2. The van der Waals surface area contributed by atoms with E-state index in [1.165, 1.54) is 0 Å². The first-order chi connectivity index (χ1) is 12.5. The van der Waals surface area contributed by atoms with Crippen LogP contribution in [0.3, 0.4) is 0 Å². The summed E-state index contributed by atoms with van der Waals surface area (Å²) < 4.78 is 0. The Bertz CT molecular complexity index is 804. The maximum absolute atomic E-state index is 13.0. The van der Waals surface area contributed by atoms with Crippen molar-refractivity contribution in [1.29, 1.82) is 0 Å². The van der Waals surface area contributed by atoms with Crippen LogP contribution < -0.4 is 4.90 Å². The summed E-state index contributed by atoms with van der Waals surface area (Å²) in [6.07, 6.45) is 0.273. The van der Waals surface area contributed by atoms with E-state index in [1.54, 1.807) is 9.80 Å². The molecule has 136 valence electrons. The van der Waals surface area contributed by atoms with Crippen LogP contribution in [0.4, 0.5) is 5.69 Å². The maximum atomic E-state index is 13.0. The predicted molar refractivity (Wildman–Crippen MR) is 104 cm³/mol. The summed E-state index contributed by atoms with van der Waals surface area (Å²) in [5.74, 6) is -0.251. The number of aryl methyl sites for hydroxylation is 1. The highest BCUT2D eigenvalue weighted by molar-refractivity contribution is 6.30. The van der Waals surface area contributed by atoms with Gasteiger partial charge in [0.2, 0.25) is 11.8 Å². The van der Waals surface area contributed by atoms with Crippen LogP contribution in [0.1, 0.15) is 24.5 Å². The van der Waals surface area contributed by atoms with E-state index in [0.717, 1.165) is 16.8 Å². The molecule has 26 heavy (non-hydrogen) atoms. The van der Waals surface area contributed by atoms with Gasteiger partial charge in [-0.2, -0.15) is 0 Å². The van der Waals surface area contributed by atoms with Gasteiger partial charge >= 0.3 is 0 Å². The molecule has 1 aliphatic heterocycles. The smallest absolute Gasteiger partial charge is 0.232 e. The minimum absolute atomic E-state index is 0.0186. The molecule has 0 bridgehead atoms. The summed E-state index contributed by atoms with van der Waals surface area (Å²) in [6, 6.07) is 15.4. The standard InChI is InChI=1S/C21H23ClN2O2/c1-3-24(19-6-4-5-15(2)11-19)21(26)17-12-20(25)23(14-17)13-16-7-9-18(22)10-8-16/h4-11,17H,3,12-14H2,1-2H3. The van der Waals surface area contributed by atoms with Gasteiger partial charge in [-0.05, 0) is 49.2 Å². The highest BCUT2D eigenvalue weighted by Crippen LogP contribution is 2.25. The lowest BCUT2D eigenvalue weighted by atomic mass is 10.1. The lowest BCUT2D eigenvalue weighted by Crippen LogP contribution is -2.37. The van der Waals surface area contributed by atoms with Gasteiger partial charge in [-0.1, -0.05) is 35.9 Å². The maximum Gasteiger partial charge on any atom is 0.232 e. The van der Waals surface area contributed by atoms with Gasteiger partial charge in [0.1, 0.15) is 0 Å². The van der Waals surface area contributed by atoms with Crippen molar-refractivity contribution in [2.45, 2.75) is 26.8 Å². The normalized spacial score (nSPS) is 16.8. The molecule has 1 aliphatic rings. The third-order valence-electron chi connectivity index (χ3n) is 4.75. The molecule has 1 heterocycles. The van der Waals surface area contributed by atoms with Crippen LogP contribution >= 0.6 is 11.6 Å². The van der Waals surface area contributed by atoms with Gasteiger partial charge in [0.05, 0.1) is 5.92 Å². The van der Waals surface area contributed by atoms with E-state index in [9.17, 15) is 9.59 Å². The molecule has 4 nitrogen and oxygen atoms in total. The number of hydrogen-bond donors (Lipinski definition) is 0. The van der Waals surface area contributed by atoms with Gasteiger partial charge in [-0.25, -0.2) is 0 Å². The summed E-state index contributed by atoms with van der Waals surface area (Å²) in [7, 11) is 0. The lowest BCUT2D eigenvalue weighted by molar-refractivity contribution is -0.128. The Labute approximate surface area is 159 Å². The number of amides is 2. The molecule has 3 rings (SSSR count). The van der Waals surface area contributed by atoms with E-state index < -0.39 is 0 Å².